The number of rotatable bonds is 4. The maximum absolute atomic E-state index is 12.2. The Bertz CT molecular complexity index is 609. The van der Waals surface area contributed by atoms with Crippen molar-refractivity contribution in [3.05, 3.63) is 42.5 Å². The van der Waals surface area contributed by atoms with Crippen molar-refractivity contribution in [1.82, 2.24) is 0 Å². The number of methoxy groups -OCH3 is 1. The predicted molar refractivity (Wildman–Crippen MR) is 74.4 cm³/mol. The molecule has 0 spiro atoms. The van der Waals surface area contributed by atoms with Crippen LogP contribution in [0, 0.1) is 0 Å². The Hall–Kier alpha value is -2.37. The van der Waals surface area contributed by atoms with E-state index in [0.29, 0.717) is 17.0 Å². The molecule has 0 heterocycles. The molecule has 0 saturated carbocycles. The van der Waals surface area contributed by atoms with Gasteiger partial charge in [-0.25, -0.2) is 0 Å². The molecule has 0 amide bonds. The summed E-state index contributed by atoms with van der Waals surface area (Å²) in [6, 6.07) is 11.6. The summed E-state index contributed by atoms with van der Waals surface area (Å²) in [5, 5.41) is 0. The van der Waals surface area contributed by atoms with Gasteiger partial charge < -0.3 is 15.2 Å². The monoisotopic (exact) mass is 297 g/mol. The van der Waals surface area contributed by atoms with Gasteiger partial charge in [0.25, 0.3) is 0 Å². The quantitative estimate of drug-likeness (QED) is 0.871. The first-order valence-electron chi connectivity index (χ1n) is 6.12. The van der Waals surface area contributed by atoms with Crippen molar-refractivity contribution in [2.45, 2.75) is 6.18 Å². The van der Waals surface area contributed by atoms with E-state index in [1.807, 2.05) is 0 Å². The summed E-state index contributed by atoms with van der Waals surface area (Å²) in [6.45, 7) is -1.35. The molecule has 0 bridgehead atoms. The molecule has 0 aliphatic heterocycles. The third-order valence-electron chi connectivity index (χ3n) is 2.76. The number of halogens is 3. The van der Waals surface area contributed by atoms with Crippen LogP contribution in [0.3, 0.4) is 0 Å². The highest BCUT2D eigenvalue weighted by atomic mass is 19.4. The van der Waals surface area contributed by atoms with Crippen LogP contribution in [0.15, 0.2) is 42.5 Å². The fraction of sp³-hybridized carbons (Fsp3) is 0.200. The second kappa shape index (κ2) is 5.95. The molecule has 0 radical (unpaired) electrons. The van der Waals surface area contributed by atoms with Crippen molar-refractivity contribution < 1.29 is 22.6 Å². The van der Waals surface area contributed by atoms with Gasteiger partial charge in [-0.3, -0.25) is 0 Å². The highest BCUT2D eigenvalue weighted by molar-refractivity contribution is 5.68. The van der Waals surface area contributed by atoms with Gasteiger partial charge in [0.2, 0.25) is 0 Å². The minimum atomic E-state index is -4.38. The first kappa shape index (κ1) is 15.0. The number of anilines is 1. The van der Waals surface area contributed by atoms with E-state index >= 15 is 0 Å². The maximum Gasteiger partial charge on any atom is 0.422 e. The minimum Gasteiger partial charge on any atom is -0.497 e. The third-order valence-corrected chi connectivity index (χ3v) is 2.76. The highest BCUT2D eigenvalue weighted by Crippen LogP contribution is 2.31. The lowest BCUT2D eigenvalue weighted by Crippen LogP contribution is -2.19. The van der Waals surface area contributed by atoms with Crippen LogP contribution in [0.4, 0.5) is 18.9 Å². The fourth-order valence-electron chi connectivity index (χ4n) is 1.78. The average Bonchev–Trinajstić information content (AvgIpc) is 2.45. The summed E-state index contributed by atoms with van der Waals surface area (Å²) in [4.78, 5) is 0. The highest BCUT2D eigenvalue weighted by Gasteiger charge is 2.28. The number of nitrogens with two attached hydrogens (primary N) is 1. The molecule has 2 N–H and O–H groups in total. The zero-order valence-electron chi connectivity index (χ0n) is 11.3. The van der Waals surface area contributed by atoms with Crippen molar-refractivity contribution >= 4 is 5.69 Å². The molecule has 0 fully saturated rings. The lowest BCUT2D eigenvalue weighted by Gasteiger charge is -2.12. The molecule has 0 unspecified atom stereocenters. The summed E-state index contributed by atoms with van der Waals surface area (Å²) >= 11 is 0. The Balaban J connectivity index is 2.31. The number of benzene rings is 2. The summed E-state index contributed by atoms with van der Waals surface area (Å²) < 4.78 is 46.5. The van der Waals surface area contributed by atoms with Crippen LogP contribution in [0.25, 0.3) is 11.1 Å². The van der Waals surface area contributed by atoms with Crippen molar-refractivity contribution in [3.63, 3.8) is 0 Å². The summed E-state index contributed by atoms with van der Waals surface area (Å²) in [5.74, 6) is 0.514. The molecule has 21 heavy (non-hydrogen) atoms. The van der Waals surface area contributed by atoms with Crippen LogP contribution in [0.1, 0.15) is 0 Å². The van der Waals surface area contributed by atoms with Crippen LogP contribution < -0.4 is 15.2 Å². The number of hydrogen-bond donors (Lipinski definition) is 1. The molecule has 2 rings (SSSR count). The smallest absolute Gasteiger partial charge is 0.422 e. The largest absolute Gasteiger partial charge is 0.497 e. The van der Waals surface area contributed by atoms with Crippen molar-refractivity contribution in [2.24, 2.45) is 0 Å². The molecule has 112 valence electrons. The van der Waals surface area contributed by atoms with Crippen LogP contribution in [0.5, 0.6) is 11.5 Å². The molecule has 0 saturated heterocycles. The number of alkyl halides is 3. The molecule has 0 aliphatic rings. The standard InChI is InChI=1S/C15H14F3NO2/c1-20-13-6-11(10-2-4-12(19)5-3-10)7-14(8-13)21-9-15(16,17)18/h2-8H,9,19H2,1H3. The first-order valence-corrected chi connectivity index (χ1v) is 6.12. The van der Waals surface area contributed by atoms with Crippen LogP contribution in [-0.2, 0) is 0 Å². The van der Waals surface area contributed by atoms with Crippen LogP contribution in [0.2, 0.25) is 0 Å². The van der Waals surface area contributed by atoms with E-state index in [4.69, 9.17) is 15.2 Å². The van der Waals surface area contributed by atoms with Gasteiger partial charge in [-0.2, -0.15) is 13.2 Å². The van der Waals surface area contributed by atoms with Gasteiger partial charge in [0.05, 0.1) is 7.11 Å². The number of nitrogen functional groups attached to an aromatic ring is 1. The first-order chi connectivity index (χ1) is 9.87. The third kappa shape index (κ3) is 4.30. The molecule has 3 nitrogen and oxygen atoms in total. The molecule has 2 aromatic carbocycles. The second-order valence-corrected chi connectivity index (χ2v) is 4.42. The van der Waals surface area contributed by atoms with Gasteiger partial charge in [0.15, 0.2) is 6.61 Å². The van der Waals surface area contributed by atoms with E-state index in [2.05, 4.69) is 0 Å². The van der Waals surface area contributed by atoms with E-state index in [0.717, 1.165) is 5.56 Å². The molecule has 0 aromatic heterocycles. The summed E-state index contributed by atoms with van der Waals surface area (Å²) in [6.07, 6.45) is -4.38. The normalized spacial score (nSPS) is 11.2. The molecular weight excluding hydrogens is 283 g/mol. The topological polar surface area (TPSA) is 44.5 Å². The Morgan fingerprint density at radius 2 is 1.57 bits per heavy atom. The number of ether oxygens (including phenoxy) is 2. The maximum atomic E-state index is 12.2. The van der Waals surface area contributed by atoms with Gasteiger partial charge in [-0.1, -0.05) is 12.1 Å². The van der Waals surface area contributed by atoms with E-state index in [1.54, 1.807) is 30.3 Å². The average molecular weight is 297 g/mol. The predicted octanol–water partition coefficient (Wildman–Crippen LogP) is 3.89. The molecule has 2 aromatic rings. The van der Waals surface area contributed by atoms with E-state index < -0.39 is 12.8 Å². The van der Waals surface area contributed by atoms with Crippen molar-refractivity contribution in [1.29, 1.82) is 0 Å². The SMILES string of the molecule is COc1cc(OCC(F)(F)F)cc(-c2ccc(N)cc2)c1. The number of hydrogen-bond acceptors (Lipinski definition) is 3. The van der Waals surface area contributed by atoms with Crippen LogP contribution >= 0.6 is 0 Å². The van der Waals surface area contributed by atoms with E-state index in [-0.39, 0.29) is 5.75 Å². The Morgan fingerprint density at radius 3 is 2.14 bits per heavy atom. The summed E-state index contributed by atoms with van der Waals surface area (Å²) in [5.41, 5.74) is 7.71. The summed E-state index contributed by atoms with van der Waals surface area (Å²) in [7, 11) is 1.44. The van der Waals surface area contributed by atoms with E-state index in [9.17, 15) is 13.2 Å². The van der Waals surface area contributed by atoms with Gasteiger partial charge in [0, 0.05) is 11.8 Å². The Labute approximate surface area is 120 Å². The molecule has 0 atom stereocenters. The zero-order valence-corrected chi connectivity index (χ0v) is 11.3. The Morgan fingerprint density at radius 1 is 0.952 bits per heavy atom. The lowest BCUT2D eigenvalue weighted by atomic mass is 10.0. The lowest BCUT2D eigenvalue weighted by molar-refractivity contribution is -0.153. The van der Waals surface area contributed by atoms with Gasteiger partial charge in [-0.05, 0) is 35.4 Å². The van der Waals surface area contributed by atoms with Gasteiger partial charge in [0.1, 0.15) is 11.5 Å². The molecule has 0 aliphatic carbocycles. The molecule has 6 heteroatoms. The minimum absolute atomic E-state index is 0.0958. The fourth-order valence-corrected chi connectivity index (χ4v) is 1.78. The molecular formula is C15H14F3NO2. The van der Waals surface area contributed by atoms with Crippen molar-refractivity contribution in [2.75, 3.05) is 19.5 Å². The van der Waals surface area contributed by atoms with Crippen molar-refractivity contribution in [3.8, 4) is 22.6 Å². The Kier molecular flexibility index (Phi) is 4.26. The van der Waals surface area contributed by atoms with Gasteiger partial charge >= 0.3 is 6.18 Å². The second-order valence-electron chi connectivity index (χ2n) is 4.42. The van der Waals surface area contributed by atoms with Gasteiger partial charge in [-0.15, -0.1) is 0 Å². The van der Waals surface area contributed by atoms with Crippen LogP contribution in [-0.4, -0.2) is 19.9 Å². The zero-order chi connectivity index (χ0) is 15.5. The van der Waals surface area contributed by atoms with E-state index in [1.165, 1.54) is 19.2 Å².